The summed E-state index contributed by atoms with van der Waals surface area (Å²) < 4.78 is 0. The van der Waals surface area contributed by atoms with Gasteiger partial charge in [0.15, 0.2) is 0 Å². The Labute approximate surface area is 177 Å². The molecule has 0 saturated heterocycles. The number of rotatable bonds is 4. The first-order valence-electron chi connectivity index (χ1n) is 10.5. The SMILES string of the molecule is CCC(=O)N1c2ccccc2[C@H](N(C(=O)c2ccccc2)c2ccccc2)C[C@H]1C. The zero-order chi connectivity index (χ0) is 21.1. The molecule has 30 heavy (non-hydrogen) atoms. The van der Waals surface area contributed by atoms with Crippen LogP contribution in [0, 0.1) is 0 Å². The first-order valence-corrected chi connectivity index (χ1v) is 10.5. The van der Waals surface area contributed by atoms with Gasteiger partial charge in [0, 0.05) is 29.4 Å². The molecule has 1 heterocycles. The molecular weight excluding hydrogens is 372 g/mol. The fourth-order valence-electron chi connectivity index (χ4n) is 4.32. The molecule has 0 aromatic heterocycles. The summed E-state index contributed by atoms with van der Waals surface area (Å²) in [7, 11) is 0. The number of fused-ring (bicyclic) bond motifs is 1. The normalized spacial score (nSPS) is 17.9. The van der Waals surface area contributed by atoms with E-state index in [2.05, 4.69) is 6.92 Å². The third-order valence-electron chi connectivity index (χ3n) is 5.72. The molecule has 1 aliphatic rings. The van der Waals surface area contributed by atoms with Crippen LogP contribution in [0.25, 0.3) is 0 Å². The van der Waals surface area contributed by atoms with Gasteiger partial charge in [-0.1, -0.05) is 61.5 Å². The predicted octanol–water partition coefficient (Wildman–Crippen LogP) is 5.61. The van der Waals surface area contributed by atoms with Crippen LogP contribution in [-0.4, -0.2) is 17.9 Å². The van der Waals surface area contributed by atoms with Crippen LogP contribution in [0.15, 0.2) is 84.9 Å². The summed E-state index contributed by atoms with van der Waals surface area (Å²) in [5, 5.41) is 0. The van der Waals surface area contributed by atoms with Gasteiger partial charge in [-0.2, -0.15) is 0 Å². The highest BCUT2D eigenvalue weighted by Gasteiger charge is 2.38. The van der Waals surface area contributed by atoms with Gasteiger partial charge in [-0.15, -0.1) is 0 Å². The van der Waals surface area contributed by atoms with Gasteiger partial charge in [0.05, 0.1) is 6.04 Å². The maximum absolute atomic E-state index is 13.7. The van der Waals surface area contributed by atoms with Gasteiger partial charge in [0.2, 0.25) is 5.91 Å². The van der Waals surface area contributed by atoms with Crippen LogP contribution >= 0.6 is 0 Å². The average Bonchev–Trinajstić information content (AvgIpc) is 2.80. The van der Waals surface area contributed by atoms with Crippen molar-refractivity contribution in [2.24, 2.45) is 0 Å². The summed E-state index contributed by atoms with van der Waals surface area (Å²) in [5.41, 5.74) is 3.41. The van der Waals surface area contributed by atoms with Crippen molar-refractivity contribution in [1.82, 2.24) is 0 Å². The minimum Gasteiger partial charge on any atom is -0.309 e. The van der Waals surface area contributed by atoms with Crippen LogP contribution in [-0.2, 0) is 4.79 Å². The highest BCUT2D eigenvalue weighted by atomic mass is 16.2. The Hall–Kier alpha value is -3.40. The van der Waals surface area contributed by atoms with Crippen LogP contribution in [0.3, 0.4) is 0 Å². The van der Waals surface area contributed by atoms with E-state index in [4.69, 9.17) is 0 Å². The summed E-state index contributed by atoms with van der Waals surface area (Å²) in [4.78, 5) is 30.1. The monoisotopic (exact) mass is 398 g/mol. The summed E-state index contributed by atoms with van der Waals surface area (Å²) in [6, 6.07) is 27.0. The Morgan fingerprint density at radius 3 is 2.17 bits per heavy atom. The van der Waals surface area contributed by atoms with Crippen molar-refractivity contribution >= 4 is 23.2 Å². The quantitative estimate of drug-likeness (QED) is 0.573. The number of benzene rings is 3. The molecule has 1 aliphatic heterocycles. The third kappa shape index (κ3) is 3.61. The lowest BCUT2D eigenvalue weighted by Crippen LogP contribution is -2.47. The second-order valence-electron chi connectivity index (χ2n) is 7.65. The Kier molecular flexibility index (Phi) is 5.66. The number of hydrogen-bond donors (Lipinski definition) is 0. The average molecular weight is 399 g/mol. The van der Waals surface area contributed by atoms with E-state index in [1.807, 2.05) is 102 Å². The molecule has 3 aromatic carbocycles. The van der Waals surface area contributed by atoms with Crippen molar-refractivity contribution in [3.8, 4) is 0 Å². The fraction of sp³-hybridized carbons (Fsp3) is 0.231. The molecule has 4 nitrogen and oxygen atoms in total. The number of para-hydroxylation sites is 2. The van der Waals surface area contributed by atoms with Gasteiger partial charge in [0.25, 0.3) is 5.91 Å². The predicted molar refractivity (Wildman–Crippen MR) is 121 cm³/mol. The molecule has 4 rings (SSSR count). The standard InChI is InChI=1S/C26H26N2O2/c1-3-25(29)27-19(2)18-24(22-16-10-11-17-23(22)27)28(21-14-8-5-9-15-21)26(30)20-12-6-4-7-13-20/h4-17,19,24H,3,18H2,1-2H3/t19-,24-/m1/s1. The van der Waals surface area contributed by atoms with Crippen LogP contribution in [0.4, 0.5) is 11.4 Å². The minimum absolute atomic E-state index is 0.00728. The minimum atomic E-state index is -0.160. The van der Waals surface area contributed by atoms with Gasteiger partial charge in [-0.3, -0.25) is 9.59 Å². The van der Waals surface area contributed by atoms with E-state index in [9.17, 15) is 9.59 Å². The largest absolute Gasteiger partial charge is 0.309 e. The Morgan fingerprint density at radius 1 is 0.900 bits per heavy atom. The zero-order valence-corrected chi connectivity index (χ0v) is 17.4. The molecule has 0 N–H and O–H groups in total. The first kappa shape index (κ1) is 19.9. The van der Waals surface area contributed by atoms with Gasteiger partial charge in [0.1, 0.15) is 0 Å². The van der Waals surface area contributed by atoms with Gasteiger partial charge >= 0.3 is 0 Å². The lowest BCUT2D eigenvalue weighted by Gasteiger charge is -2.43. The number of amides is 2. The molecule has 0 aliphatic carbocycles. The van der Waals surface area contributed by atoms with E-state index >= 15 is 0 Å². The summed E-state index contributed by atoms with van der Waals surface area (Å²) in [6.07, 6.45) is 1.13. The Bertz CT molecular complexity index is 1030. The molecule has 0 spiro atoms. The molecular formula is C26H26N2O2. The van der Waals surface area contributed by atoms with Crippen LogP contribution < -0.4 is 9.80 Å². The van der Waals surface area contributed by atoms with Crippen molar-refractivity contribution in [2.75, 3.05) is 9.80 Å². The highest BCUT2D eigenvalue weighted by molar-refractivity contribution is 6.07. The Morgan fingerprint density at radius 2 is 1.50 bits per heavy atom. The van der Waals surface area contributed by atoms with E-state index in [-0.39, 0.29) is 23.9 Å². The molecule has 3 aromatic rings. The second-order valence-corrected chi connectivity index (χ2v) is 7.65. The maximum Gasteiger partial charge on any atom is 0.258 e. The smallest absolute Gasteiger partial charge is 0.258 e. The molecule has 0 bridgehead atoms. The molecule has 0 radical (unpaired) electrons. The maximum atomic E-state index is 13.7. The second kappa shape index (κ2) is 8.54. The summed E-state index contributed by atoms with van der Waals surface area (Å²) >= 11 is 0. The van der Waals surface area contributed by atoms with Crippen molar-refractivity contribution in [2.45, 2.75) is 38.8 Å². The topological polar surface area (TPSA) is 40.6 Å². The van der Waals surface area contributed by atoms with Crippen molar-refractivity contribution < 1.29 is 9.59 Å². The van der Waals surface area contributed by atoms with Crippen molar-refractivity contribution in [3.05, 3.63) is 96.1 Å². The number of carbonyl (C=O) groups is 2. The highest BCUT2D eigenvalue weighted by Crippen LogP contribution is 2.42. The Balaban J connectivity index is 1.85. The van der Waals surface area contributed by atoms with Crippen LogP contribution in [0.2, 0.25) is 0 Å². The zero-order valence-electron chi connectivity index (χ0n) is 17.4. The molecule has 0 saturated carbocycles. The van der Waals surface area contributed by atoms with E-state index in [1.165, 1.54) is 0 Å². The lowest BCUT2D eigenvalue weighted by atomic mass is 9.89. The lowest BCUT2D eigenvalue weighted by molar-refractivity contribution is -0.118. The first-order chi connectivity index (χ1) is 14.6. The van der Waals surface area contributed by atoms with E-state index in [0.717, 1.165) is 16.9 Å². The third-order valence-corrected chi connectivity index (χ3v) is 5.72. The van der Waals surface area contributed by atoms with E-state index in [1.54, 1.807) is 0 Å². The van der Waals surface area contributed by atoms with Gasteiger partial charge in [-0.05, 0) is 49.2 Å². The number of carbonyl (C=O) groups excluding carboxylic acids is 2. The summed E-state index contributed by atoms with van der Waals surface area (Å²) in [6.45, 7) is 3.95. The van der Waals surface area contributed by atoms with Gasteiger partial charge in [-0.25, -0.2) is 0 Å². The molecule has 0 unspecified atom stereocenters. The number of nitrogens with zero attached hydrogens (tertiary/aromatic N) is 2. The van der Waals surface area contributed by atoms with Crippen LogP contribution in [0.5, 0.6) is 0 Å². The van der Waals surface area contributed by atoms with E-state index < -0.39 is 0 Å². The van der Waals surface area contributed by atoms with Gasteiger partial charge < -0.3 is 9.80 Å². The fourth-order valence-corrected chi connectivity index (χ4v) is 4.32. The van der Waals surface area contributed by atoms with E-state index in [0.29, 0.717) is 18.4 Å². The van der Waals surface area contributed by atoms with Crippen molar-refractivity contribution in [1.29, 1.82) is 0 Å². The molecule has 4 heteroatoms. The molecule has 0 fully saturated rings. The number of anilines is 2. The molecule has 2 atom stereocenters. The number of hydrogen-bond acceptors (Lipinski definition) is 2. The van der Waals surface area contributed by atoms with Crippen molar-refractivity contribution in [3.63, 3.8) is 0 Å². The summed E-state index contributed by atoms with van der Waals surface area (Å²) in [5.74, 6) is 0.0677. The molecule has 2 amide bonds. The van der Waals surface area contributed by atoms with Crippen LogP contribution in [0.1, 0.15) is 48.7 Å². The molecule has 152 valence electrons.